The summed E-state index contributed by atoms with van der Waals surface area (Å²) < 4.78 is 10.1. The van der Waals surface area contributed by atoms with Crippen LogP contribution in [0.4, 0.5) is 5.69 Å². The van der Waals surface area contributed by atoms with Crippen molar-refractivity contribution in [3.05, 3.63) is 99.2 Å². The fraction of sp³-hybridized carbons (Fsp3) is 0.0800. The zero-order valence-corrected chi connectivity index (χ0v) is 19.3. The number of methoxy groups -OCH3 is 2. The highest BCUT2D eigenvalue weighted by atomic mass is 16.6. The van der Waals surface area contributed by atoms with Crippen molar-refractivity contribution in [1.82, 2.24) is 10.7 Å². The average molecular weight is 490 g/mol. The summed E-state index contributed by atoms with van der Waals surface area (Å²) >= 11 is 0. The Morgan fingerprint density at radius 2 is 1.69 bits per heavy atom. The molecule has 36 heavy (non-hydrogen) atoms. The number of carbonyl (C=O) groups is 2. The van der Waals surface area contributed by atoms with Crippen molar-refractivity contribution in [2.24, 2.45) is 5.10 Å². The fourth-order valence-electron chi connectivity index (χ4n) is 3.02. The van der Waals surface area contributed by atoms with Crippen molar-refractivity contribution >= 4 is 29.8 Å². The Hall–Kier alpha value is -5.19. The molecule has 0 aromatic heterocycles. The first-order chi connectivity index (χ1) is 17.3. The van der Waals surface area contributed by atoms with Crippen LogP contribution in [0.1, 0.15) is 21.5 Å². The average Bonchev–Trinajstić information content (AvgIpc) is 2.89. The molecule has 0 unspecified atom stereocenters. The molecule has 0 heterocycles. The molecule has 3 N–H and O–H groups in total. The van der Waals surface area contributed by atoms with Gasteiger partial charge in [0.1, 0.15) is 11.4 Å². The standard InChI is InChI=1S/C25H22N4O7/c1-35-19-10-8-16(9-11-19)12-20(27-24(31)18-6-4-3-5-7-18)25(32)28-26-15-17-13-21(29(33)34)23(30)22(14-17)36-2/h3-15,30H,1-2H3,(H,27,31)(H,28,32)/b20-12+,26-15+. The van der Waals surface area contributed by atoms with E-state index >= 15 is 0 Å². The molecule has 3 aromatic rings. The van der Waals surface area contributed by atoms with Crippen molar-refractivity contribution in [1.29, 1.82) is 0 Å². The Bertz CT molecular complexity index is 1320. The molecule has 0 atom stereocenters. The lowest BCUT2D eigenvalue weighted by molar-refractivity contribution is -0.386. The van der Waals surface area contributed by atoms with E-state index in [1.54, 1.807) is 54.6 Å². The monoisotopic (exact) mass is 490 g/mol. The van der Waals surface area contributed by atoms with E-state index in [4.69, 9.17) is 9.47 Å². The van der Waals surface area contributed by atoms with Gasteiger partial charge in [0.25, 0.3) is 11.8 Å². The van der Waals surface area contributed by atoms with Gasteiger partial charge in [-0.15, -0.1) is 0 Å². The van der Waals surface area contributed by atoms with Crippen molar-refractivity contribution in [3.8, 4) is 17.2 Å². The van der Waals surface area contributed by atoms with E-state index in [1.165, 1.54) is 26.4 Å². The maximum atomic E-state index is 12.9. The van der Waals surface area contributed by atoms with Crippen LogP contribution in [-0.2, 0) is 4.79 Å². The second-order valence-corrected chi connectivity index (χ2v) is 7.20. The van der Waals surface area contributed by atoms with E-state index in [-0.39, 0.29) is 17.0 Å². The second kappa shape index (κ2) is 11.8. The molecule has 0 aliphatic heterocycles. The zero-order valence-electron chi connectivity index (χ0n) is 19.3. The Morgan fingerprint density at radius 1 is 1.00 bits per heavy atom. The van der Waals surface area contributed by atoms with Crippen LogP contribution in [0.3, 0.4) is 0 Å². The number of amides is 2. The van der Waals surface area contributed by atoms with Gasteiger partial charge in [0.2, 0.25) is 5.75 Å². The molecule has 3 rings (SSSR count). The molecule has 0 fully saturated rings. The number of nitrogens with zero attached hydrogens (tertiary/aromatic N) is 2. The maximum absolute atomic E-state index is 12.9. The Morgan fingerprint density at radius 3 is 2.31 bits per heavy atom. The molecule has 0 saturated carbocycles. The lowest BCUT2D eigenvalue weighted by atomic mass is 10.1. The number of hydrogen-bond acceptors (Lipinski definition) is 8. The van der Waals surface area contributed by atoms with Crippen molar-refractivity contribution in [2.45, 2.75) is 0 Å². The molecule has 0 bridgehead atoms. The van der Waals surface area contributed by atoms with E-state index < -0.39 is 28.2 Å². The highest BCUT2D eigenvalue weighted by Crippen LogP contribution is 2.36. The van der Waals surface area contributed by atoms with Crippen LogP contribution in [0.25, 0.3) is 6.08 Å². The molecule has 184 valence electrons. The van der Waals surface area contributed by atoms with Crippen LogP contribution in [0.15, 0.2) is 77.5 Å². The molecule has 11 nitrogen and oxygen atoms in total. The first kappa shape index (κ1) is 25.4. The van der Waals surface area contributed by atoms with Gasteiger partial charge in [-0.2, -0.15) is 5.10 Å². The minimum Gasteiger partial charge on any atom is -0.500 e. The Balaban J connectivity index is 1.85. The molecular weight excluding hydrogens is 468 g/mol. The van der Waals surface area contributed by atoms with E-state index in [9.17, 15) is 24.8 Å². The summed E-state index contributed by atoms with van der Waals surface area (Å²) in [6.07, 6.45) is 2.59. The lowest BCUT2D eigenvalue weighted by Crippen LogP contribution is -2.32. The van der Waals surface area contributed by atoms with Gasteiger partial charge in [-0.05, 0) is 42.0 Å². The predicted molar refractivity (Wildman–Crippen MR) is 132 cm³/mol. The van der Waals surface area contributed by atoms with Crippen LogP contribution >= 0.6 is 0 Å². The minimum absolute atomic E-state index is 0.0968. The van der Waals surface area contributed by atoms with Gasteiger partial charge < -0.3 is 19.9 Å². The summed E-state index contributed by atoms with van der Waals surface area (Å²) in [5.74, 6) is -1.39. The SMILES string of the molecule is COc1ccc(/C=C(/NC(=O)c2ccccc2)C(=O)N/N=C/c2cc(OC)c(O)c([N+](=O)[O-])c2)cc1. The molecule has 0 radical (unpaired) electrons. The summed E-state index contributed by atoms with van der Waals surface area (Å²) in [7, 11) is 2.77. The summed E-state index contributed by atoms with van der Waals surface area (Å²) in [6.45, 7) is 0. The highest BCUT2D eigenvalue weighted by Gasteiger charge is 2.19. The van der Waals surface area contributed by atoms with Crippen molar-refractivity contribution < 1.29 is 29.1 Å². The largest absolute Gasteiger partial charge is 0.500 e. The predicted octanol–water partition coefficient (Wildman–Crippen LogP) is 3.24. The first-order valence-electron chi connectivity index (χ1n) is 10.4. The number of benzene rings is 3. The van der Waals surface area contributed by atoms with Crippen LogP contribution in [0.2, 0.25) is 0 Å². The lowest BCUT2D eigenvalue weighted by Gasteiger charge is -2.09. The van der Waals surface area contributed by atoms with Gasteiger partial charge in [-0.3, -0.25) is 19.7 Å². The first-order valence-corrected chi connectivity index (χ1v) is 10.4. The number of rotatable bonds is 9. The number of nitro benzene ring substituents is 1. The summed E-state index contributed by atoms with van der Waals surface area (Å²) in [4.78, 5) is 35.9. The number of nitro groups is 1. The normalized spacial score (nSPS) is 11.1. The third-order valence-corrected chi connectivity index (χ3v) is 4.83. The van der Waals surface area contributed by atoms with Crippen LogP contribution in [-0.4, -0.2) is 42.3 Å². The molecule has 0 saturated heterocycles. The second-order valence-electron chi connectivity index (χ2n) is 7.20. The maximum Gasteiger partial charge on any atom is 0.315 e. The molecule has 0 spiro atoms. The zero-order chi connectivity index (χ0) is 26.1. The van der Waals surface area contributed by atoms with Gasteiger partial charge in [-0.25, -0.2) is 5.43 Å². The number of aromatic hydroxyl groups is 1. The molecule has 3 aromatic carbocycles. The third kappa shape index (κ3) is 6.44. The molecule has 0 aliphatic rings. The van der Waals surface area contributed by atoms with E-state index in [2.05, 4.69) is 15.8 Å². The molecular formula is C25H22N4O7. The fourth-order valence-corrected chi connectivity index (χ4v) is 3.02. The van der Waals surface area contributed by atoms with E-state index in [1.807, 2.05) is 0 Å². The summed E-state index contributed by atoms with van der Waals surface area (Å²) in [6, 6.07) is 17.5. The number of phenolic OH excluding ortho intramolecular Hbond substituents is 1. The van der Waals surface area contributed by atoms with E-state index in [0.29, 0.717) is 16.9 Å². The van der Waals surface area contributed by atoms with Gasteiger partial charge >= 0.3 is 5.69 Å². The molecule has 2 amide bonds. The highest BCUT2D eigenvalue weighted by molar-refractivity contribution is 6.05. The van der Waals surface area contributed by atoms with Crippen LogP contribution in [0.5, 0.6) is 17.2 Å². The Kier molecular flexibility index (Phi) is 8.33. The van der Waals surface area contributed by atoms with Gasteiger partial charge in [0.05, 0.1) is 25.4 Å². The quantitative estimate of drug-likeness (QED) is 0.180. The smallest absolute Gasteiger partial charge is 0.315 e. The van der Waals surface area contributed by atoms with Gasteiger partial charge in [0, 0.05) is 17.2 Å². The number of carbonyl (C=O) groups excluding carboxylic acids is 2. The van der Waals surface area contributed by atoms with Crippen LogP contribution < -0.4 is 20.2 Å². The van der Waals surface area contributed by atoms with Gasteiger partial charge in [-0.1, -0.05) is 30.3 Å². The number of hydrogen-bond donors (Lipinski definition) is 3. The third-order valence-electron chi connectivity index (χ3n) is 4.83. The number of ether oxygens (including phenoxy) is 2. The van der Waals surface area contributed by atoms with Gasteiger partial charge in [0.15, 0.2) is 5.75 Å². The van der Waals surface area contributed by atoms with Crippen LogP contribution in [0, 0.1) is 10.1 Å². The Labute approximate surface area is 205 Å². The number of nitrogens with one attached hydrogen (secondary N) is 2. The van der Waals surface area contributed by atoms with Crippen molar-refractivity contribution in [3.63, 3.8) is 0 Å². The summed E-state index contributed by atoms with van der Waals surface area (Å²) in [5, 5.41) is 27.4. The van der Waals surface area contributed by atoms with Crippen molar-refractivity contribution in [2.75, 3.05) is 14.2 Å². The number of hydrazone groups is 1. The molecule has 0 aliphatic carbocycles. The topological polar surface area (TPSA) is 152 Å². The summed E-state index contributed by atoms with van der Waals surface area (Å²) in [5.41, 5.74) is 2.74. The minimum atomic E-state index is -0.775. The molecule has 11 heteroatoms. The van der Waals surface area contributed by atoms with E-state index in [0.717, 1.165) is 12.3 Å². The number of phenols is 1.